The average molecular weight is 266 g/mol. The molecule has 3 nitrogen and oxygen atoms in total. The van der Waals surface area contributed by atoms with E-state index in [1.54, 1.807) is 0 Å². The van der Waals surface area contributed by atoms with Crippen molar-refractivity contribution in [2.75, 3.05) is 6.54 Å². The van der Waals surface area contributed by atoms with Crippen molar-refractivity contribution in [3.8, 4) is 0 Å². The zero-order valence-corrected chi connectivity index (χ0v) is 11.8. The van der Waals surface area contributed by atoms with Crippen molar-refractivity contribution in [1.29, 1.82) is 0 Å². The Morgan fingerprint density at radius 2 is 2.05 bits per heavy atom. The van der Waals surface area contributed by atoms with Gasteiger partial charge in [0.2, 0.25) is 5.95 Å². The fourth-order valence-electron chi connectivity index (χ4n) is 1.88. The summed E-state index contributed by atoms with van der Waals surface area (Å²) in [6.45, 7) is 5.10. The first-order valence-corrected chi connectivity index (χ1v) is 6.99. The van der Waals surface area contributed by atoms with E-state index in [1.165, 1.54) is 31.5 Å². The van der Waals surface area contributed by atoms with Gasteiger partial charge in [0.15, 0.2) is 0 Å². The van der Waals surface area contributed by atoms with Gasteiger partial charge < -0.3 is 5.32 Å². The molecule has 19 heavy (non-hydrogen) atoms. The molecular weight excluding hydrogens is 243 g/mol. The van der Waals surface area contributed by atoms with E-state index in [0.29, 0.717) is 12.1 Å². The van der Waals surface area contributed by atoms with Crippen molar-refractivity contribution >= 4 is 5.91 Å². The number of nitrogens with zero attached hydrogens (tertiary/aromatic N) is 1. The summed E-state index contributed by atoms with van der Waals surface area (Å²) in [7, 11) is 0. The van der Waals surface area contributed by atoms with Crippen molar-refractivity contribution < 1.29 is 9.18 Å². The van der Waals surface area contributed by atoms with Crippen LogP contribution in [0.2, 0.25) is 0 Å². The number of hydrogen-bond acceptors (Lipinski definition) is 2. The zero-order chi connectivity index (χ0) is 14.1. The van der Waals surface area contributed by atoms with Crippen LogP contribution < -0.4 is 5.32 Å². The Balaban J connectivity index is 2.11. The van der Waals surface area contributed by atoms with Gasteiger partial charge in [-0.2, -0.15) is 4.39 Å². The highest BCUT2D eigenvalue weighted by atomic mass is 19.1. The molecule has 0 fully saturated rings. The minimum Gasteiger partial charge on any atom is -0.352 e. The van der Waals surface area contributed by atoms with Crippen LogP contribution in [0, 0.1) is 11.9 Å². The van der Waals surface area contributed by atoms with Gasteiger partial charge in [0, 0.05) is 24.4 Å². The first kappa shape index (κ1) is 15.6. The lowest BCUT2D eigenvalue weighted by Crippen LogP contribution is -2.24. The minimum absolute atomic E-state index is 0.233. The van der Waals surface area contributed by atoms with Crippen LogP contribution in [0.3, 0.4) is 0 Å². The number of pyridine rings is 1. The molecule has 106 valence electrons. The second-order valence-electron chi connectivity index (χ2n) is 5.22. The van der Waals surface area contributed by atoms with Crippen LogP contribution >= 0.6 is 0 Å². The van der Waals surface area contributed by atoms with Gasteiger partial charge in [-0.15, -0.1) is 0 Å². The van der Waals surface area contributed by atoms with E-state index in [-0.39, 0.29) is 5.91 Å². The molecule has 4 heteroatoms. The number of unbranched alkanes of at least 4 members (excludes halogenated alkanes) is 3. The van der Waals surface area contributed by atoms with Gasteiger partial charge in [-0.05, 0) is 18.4 Å². The van der Waals surface area contributed by atoms with Crippen molar-refractivity contribution in [2.45, 2.75) is 46.0 Å². The fraction of sp³-hybridized carbons (Fsp3) is 0.600. The average Bonchev–Trinajstić information content (AvgIpc) is 2.37. The van der Waals surface area contributed by atoms with Crippen molar-refractivity contribution in [1.82, 2.24) is 10.3 Å². The number of rotatable bonds is 8. The lowest BCUT2D eigenvalue weighted by atomic mass is 10.0. The minimum atomic E-state index is -0.624. The van der Waals surface area contributed by atoms with E-state index in [4.69, 9.17) is 0 Å². The number of carbonyl (C=O) groups is 1. The smallest absolute Gasteiger partial charge is 0.251 e. The molecule has 0 saturated heterocycles. The van der Waals surface area contributed by atoms with E-state index >= 15 is 0 Å². The van der Waals surface area contributed by atoms with E-state index in [2.05, 4.69) is 24.1 Å². The molecule has 1 aromatic rings. The molecule has 0 atom stereocenters. The topological polar surface area (TPSA) is 42.0 Å². The Kier molecular flexibility index (Phi) is 7.08. The second-order valence-corrected chi connectivity index (χ2v) is 5.22. The molecule has 1 amide bonds. The highest BCUT2D eigenvalue weighted by molar-refractivity contribution is 5.93. The van der Waals surface area contributed by atoms with Gasteiger partial charge in [0.05, 0.1) is 0 Å². The maximum Gasteiger partial charge on any atom is 0.251 e. The normalized spacial score (nSPS) is 10.7. The number of nitrogens with one attached hydrogen (secondary N) is 1. The molecule has 0 aliphatic rings. The summed E-state index contributed by atoms with van der Waals surface area (Å²) in [6.07, 6.45) is 7.12. The maximum absolute atomic E-state index is 12.8. The Morgan fingerprint density at radius 3 is 2.74 bits per heavy atom. The number of hydrogen-bond donors (Lipinski definition) is 1. The Morgan fingerprint density at radius 1 is 1.32 bits per heavy atom. The highest BCUT2D eigenvalue weighted by Gasteiger charge is 2.05. The zero-order valence-electron chi connectivity index (χ0n) is 11.8. The van der Waals surface area contributed by atoms with Crippen LogP contribution in [0.15, 0.2) is 18.3 Å². The molecule has 0 aromatic carbocycles. The van der Waals surface area contributed by atoms with Gasteiger partial charge in [-0.25, -0.2) is 4.98 Å². The fourth-order valence-corrected chi connectivity index (χ4v) is 1.88. The summed E-state index contributed by atoms with van der Waals surface area (Å²) in [4.78, 5) is 15.1. The predicted molar refractivity (Wildman–Crippen MR) is 74.5 cm³/mol. The summed E-state index contributed by atoms with van der Waals surface area (Å²) in [5.74, 6) is -0.0916. The van der Waals surface area contributed by atoms with Crippen molar-refractivity contribution in [2.24, 2.45) is 5.92 Å². The standard InChI is InChI=1S/C15H23FN2O/c1-12(2)7-5-3-4-6-9-18-15(19)13-8-10-17-14(16)11-13/h8,10-12H,3-7,9H2,1-2H3,(H,18,19). The predicted octanol–water partition coefficient (Wildman–Crippen LogP) is 3.56. The Bertz CT molecular complexity index is 393. The second kappa shape index (κ2) is 8.62. The largest absolute Gasteiger partial charge is 0.352 e. The van der Waals surface area contributed by atoms with E-state index in [1.807, 2.05) is 0 Å². The number of amides is 1. The molecule has 0 spiro atoms. The third-order valence-corrected chi connectivity index (χ3v) is 2.98. The number of carbonyl (C=O) groups excluding carboxylic acids is 1. The van der Waals surface area contributed by atoms with Crippen LogP contribution in [0.25, 0.3) is 0 Å². The summed E-state index contributed by atoms with van der Waals surface area (Å²) in [6, 6.07) is 2.67. The Hall–Kier alpha value is -1.45. The van der Waals surface area contributed by atoms with Gasteiger partial charge in [0.25, 0.3) is 5.91 Å². The molecule has 0 unspecified atom stereocenters. The molecule has 0 radical (unpaired) electrons. The molecule has 0 aliphatic carbocycles. The van der Waals surface area contributed by atoms with Gasteiger partial charge in [-0.3, -0.25) is 4.79 Å². The quantitative estimate of drug-likeness (QED) is 0.577. The molecule has 0 aliphatic heterocycles. The van der Waals surface area contributed by atoms with Crippen LogP contribution in [0.1, 0.15) is 56.3 Å². The Labute approximate surface area is 114 Å². The van der Waals surface area contributed by atoms with Crippen LogP contribution in [-0.2, 0) is 0 Å². The van der Waals surface area contributed by atoms with Crippen molar-refractivity contribution in [3.05, 3.63) is 29.8 Å². The van der Waals surface area contributed by atoms with Gasteiger partial charge in [-0.1, -0.05) is 39.5 Å². The summed E-state index contributed by atoms with van der Waals surface area (Å²) < 4.78 is 12.8. The highest BCUT2D eigenvalue weighted by Crippen LogP contribution is 2.09. The number of halogens is 1. The number of aromatic nitrogens is 1. The van der Waals surface area contributed by atoms with Crippen LogP contribution in [0.4, 0.5) is 4.39 Å². The monoisotopic (exact) mass is 266 g/mol. The lowest BCUT2D eigenvalue weighted by Gasteiger charge is -2.06. The van der Waals surface area contributed by atoms with E-state index < -0.39 is 5.95 Å². The van der Waals surface area contributed by atoms with Crippen molar-refractivity contribution in [3.63, 3.8) is 0 Å². The first-order valence-electron chi connectivity index (χ1n) is 6.99. The maximum atomic E-state index is 12.8. The molecular formula is C15H23FN2O. The SMILES string of the molecule is CC(C)CCCCCCNC(=O)c1ccnc(F)c1. The van der Waals surface area contributed by atoms with Gasteiger partial charge in [0.1, 0.15) is 0 Å². The van der Waals surface area contributed by atoms with Crippen LogP contribution in [0.5, 0.6) is 0 Å². The van der Waals surface area contributed by atoms with E-state index in [0.717, 1.165) is 24.8 Å². The molecule has 1 aromatic heterocycles. The third-order valence-electron chi connectivity index (χ3n) is 2.98. The summed E-state index contributed by atoms with van der Waals surface area (Å²) in [5, 5.41) is 2.79. The lowest BCUT2D eigenvalue weighted by molar-refractivity contribution is 0.0952. The van der Waals surface area contributed by atoms with Crippen LogP contribution in [-0.4, -0.2) is 17.4 Å². The molecule has 0 bridgehead atoms. The van der Waals surface area contributed by atoms with E-state index in [9.17, 15) is 9.18 Å². The third kappa shape index (κ3) is 6.89. The molecule has 0 saturated carbocycles. The molecule has 1 heterocycles. The summed E-state index contributed by atoms with van der Waals surface area (Å²) >= 11 is 0. The summed E-state index contributed by atoms with van der Waals surface area (Å²) in [5.41, 5.74) is 0.326. The molecule has 1 N–H and O–H groups in total. The molecule has 1 rings (SSSR count). The van der Waals surface area contributed by atoms with Gasteiger partial charge >= 0.3 is 0 Å². The first-order chi connectivity index (χ1) is 9.09.